The van der Waals surface area contributed by atoms with Gasteiger partial charge < -0.3 is 9.88 Å². The maximum absolute atomic E-state index is 13.5. The van der Waals surface area contributed by atoms with Crippen LogP contribution in [-0.2, 0) is 4.79 Å². The first kappa shape index (κ1) is 23.8. The number of nitrogens with one attached hydrogen (secondary N) is 1. The molecule has 2 aliphatic rings. The van der Waals surface area contributed by atoms with Crippen molar-refractivity contribution in [2.75, 3.05) is 5.32 Å². The Morgan fingerprint density at radius 1 is 0.946 bits per heavy atom. The molecule has 1 N–H and O–H groups in total. The molecule has 1 aliphatic carbocycles. The van der Waals surface area contributed by atoms with Crippen molar-refractivity contribution in [2.45, 2.75) is 59.8 Å². The van der Waals surface area contributed by atoms with E-state index in [1.54, 1.807) is 0 Å². The summed E-state index contributed by atoms with van der Waals surface area (Å²) in [6.45, 7) is 10.6. The van der Waals surface area contributed by atoms with Crippen LogP contribution >= 0.6 is 11.6 Å². The Morgan fingerprint density at radius 2 is 1.76 bits per heavy atom. The fourth-order valence-corrected chi connectivity index (χ4v) is 6.25. The minimum Gasteiger partial charge on any atom is -0.343 e. The van der Waals surface area contributed by atoms with Crippen molar-refractivity contribution in [2.24, 2.45) is 0 Å². The number of fused-ring (bicyclic) bond motifs is 1. The van der Waals surface area contributed by atoms with E-state index in [0.29, 0.717) is 11.4 Å². The summed E-state index contributed by atoms with van der Waals surface area (Å²) in [5.74, 6) is 0.989. The Hall–Kier alpha value is -3.57. The van der Waals surface area contributed by atoms with Gasteiger partial charge in [0.1, 0.15) is 5.82 Å². The predicted octanol–water partition coefficient (Wildman–Crippen LogP) is 7.42. The maximum atomic E-state index is 13.5. The molecule has 2 aromatic carbocycles. The van der Waals surface area contributed by atoms with Crippen LogP contribution in [0.15, 0.2) is 59.8 Å². The zero-order valence-corrected chi connectivity index (χ0v) is 22.7. The zero-order valence-electron chi connectivity index (χ0n) is 21.9. The Labute approximate surface area is 222 Å². The van der Waals surface area contributed by atoms with Gasteiger partial charge in [-0.25, -0.2) is 4.68 Å². The lowest BCUT2D eigenvalue weighted by atomic mass is 9.76. The quantitative estimate of drug-likeness (QED) is 0.312. The minimum atomic E-state index is -0.168. The molecule has 37 heavy (non-hydrogen) atoms. The number of halogens is 1. The smallest absolute Gasteiger partial charge is 0.161 e. The number of rotatable bonds is 3. The Kier molecular flexibility index (Phi) is 5.64. The van der Waals surface area contributed by atoms with Crippen LogP contribution in [0.3, 0.4) is 0 Å². The van der Waals surface area contributed by atoms with Crippen LogP contribution in [-0.4, -0.2) is 20.1 Å². The molecular formula is C31H31ClN4O. The molecule has 1 atom stereocenters. The van der Waals surface area contributed by atoms with Crippen LogP contribution in [0.25, 0.3) is 11.4 Å². The van der Waals surface area contributed by atoms with Gasteiger partial charge in [0.25, 0.3) is 0 Å². The van der Waals surface area contributed by atoms with E-state index in [2.05, 4.69) is 61.8 Å². The molecule has 4 aromatic rings. The van der Waals surface area contributed by atoms with Crippen molar-refractivity contribution in [3.8, 4) is 11.4 Å². The number of aryl methyl sites for hydroxylation is 4. The second kappa shape index (κ2) is 8.77. The van der Waals surface area contributed by atoms with E-state index in [9.17, 15) is 4.79 Å². The van der Waals surface area contributed by atoms with Gasteiger partial charge in [-0.1, -0.05) is 23.7 Å². The van der Waals surface area contributed by atoms with E-state index < -0.39 is 0 Å². The molecular weight excluding hydrogens is 480 g/mol. The molecule has 0 bridgehead atoms. The summed E-state index contributed by atoms with van der Waals surface area (Å²) in [6, 6.07) is 16.6. The number of nitrogens with zero attached hydrogens (tertiary/aromatic N) is 3. The molecule has 3 heterocycles. The van der Waals surface area contributed by atoms with Gasteiger partial charge in [0.15, 0.2) is 5.78 Å². The summed E-state index contributed by atoms with van der Waals surface area (Å²) in [5, 5.41) is 9.25. The Morgan fingerprint density at radius 3 is 2.51 bits per heavy atom. The van der Waals surface area contributed by atoms with Crippen molar-refractivity contribution < 1.29 is 4.79 Å². The lowest BCUT2D eigenvalue weighted by molar-refractivity contribution is -0.116. The van der Waals surface area contributed by atoms with E-state index >= 15 is 0 Å². The lowest BCUT2D eigenvalue weighted by Crippen LogP contribution is -2.27. The van der Waals surface area contributed by atoms with E-state index in [4.69, 9.17) is 16.7 Å². The topological polar surface area (TPSA) is 51.9 Å². The maximum Gasteiger partial charge on any atom is 0.161 e. The highest BCUT2D eigenvalue weighted by atomic mass is 35.5. The number of hydrogen-bond acceptors (Lipinski definition) is 3. The summed E-state index contributed by atoms with van der Waals surface area (Å²) in [5.41, 5.74) is 11.9. The number of benzene rings is 2. The van der Waals surface area contributed by atoms with Crippen molar-refractivity contribution in [3.63, 3.8) is 0 Å². The van der Waals surface area contributed by atoms with Crippen LogP contribution < -0.4 is 5.32 Å². The highest BCUT2D eigenvalue weighted by Crippen LogP contribution is 2.48. The fourth-order valence-electron chi connectivity index (χ4n) is 6.07. The molecule has 1 aliphatic heterocycles. The molecule has 0 saturated heterocycles. The first-order valence-electron chi connectivity index (χ1n) is 12.9. The second-order valence-electron chi connectivity index (χ2n) is 10.4. The van der Waals surface area contributed by atoms with E-state index in [1.807, 2.05) is 35.9 Å². The SMILES string of the molecule is Cc1ccc(-n2c(C)cc([C@H]3C4=C(CCCC4=O)Nc4c3c(C)nn4-c3cccc(Cl)c3)c2C)cc1C. The normalized spacial score (nSPS) is 17.0. The molecule has 0 amide bonds. The highest BCUT2D eigenvalue weighted by Gasteiger charge is 2.40. The number of carbonyl (C=O) groups excluding carboxylic acids is 1. The number of carbonyl (C=O) groups is 1. The van der Waals surface area contributed by atoms with Crippen molar-refractivity contribution in [3.05, 3.63) is 104 Å². The van der Waals surface area contributed by atoms with Crippen LogP contribution in [0.2, 0.25) is 5.02 Å². The first-order valence-corrected chi connectivity index (χ1v) is 13.3. The fraction of sp³-hybridized carbons (Fsp3) is 0.290. The lowest BCUT2D eigenvalue weighted by Gasteiger charge is -2.33. The summed E-state index contributed by atoms with van der Waals surface area (Å²) >= 11 is 6.34. The number of Topliss-reactive ketones (excluding diaryl/α,β-unsaturated/α-hetero) is 1. The Bertz CT molecular complexity index is 1620. The highest BCUT2D eigenvalue weighted by molar-refractivity contribution is 6.30. The monoisotopic (exact) mass is 510 g/mol. The van der Waals surface area contributed by atoms with Crippen LogP contribution in [0.4, 0.5) is 5.82 Å². The molecule has 0 fully saturated rings. The van der Waals surface area contributed by atoms with Crippen LogP contribution in [0, 0.1) is 34.6 Å². The van der Waals surface area contributed by atoms with Crippen LogP contribution in [0.1, 0.15) is 64.5 Å². The molecule has 2 aromatic heterocycles. The van der Waals surface area contributed by atoms with Gasteiger partial charge in [0, 0.05) is 51.3 Å². The molecule has 5 nitrogen and oxygen atoms in total. The van der Waals surface area contributed by atoms with Gasteiger partial charge in [-0.3, -0.25) is 4.79 Å². The van der Waals surface area contributed by atoms with Crippen molar-refractivity contribution in [1.82, 2.24) is 14.3 Å². The summed E-state index contributed by atoms with van der Waals surface area (Å²) < 4.78 is 4.25. The number of anilines is 1. The van der Waals surface area contributed by atoms with Crippen molar-refractivity contribution >= 4 is 23.2 Å². The third-order valence-corrected chi connectivity index (χ3v) is 8.23. The summed E-state index contributed by atoms with van der Waals surface area (Å²) in [4.78, 5) is 13.5. The standard InChI is InChI=1S/C31H31ClN4O/c1-17-12-13-23(14-18(17)2)35-19(3)15-25(21(35)5)29-28-20(4)34-36(24-9-6-8-22(32)16-24)31(28)33-26-10-7-11-27(37)30(26)29/h6,8-9,12-16,29,33H,7,10-11H2,1-5H3/t29-/m1/s1. The van der Waals surface area contributed by atoms with E-state index in [-0.39, 0.29) is 11.7 Å². The second-order valence-corrected chi connectivity index (χ2v) is 10.8. The number of aromatic nitrogens is 3. The molecule has 6 heteroatoms. The van der Waals surface area contributed by atoms with Gasteiger partial charge in [-0.15, -0.1) is 0 Å². The van der Waals surface area contributed by atoms with Gasteiger partial charge in [-0.05, 0) is 101 Å². The van der Waals surface area contributed by atoms with Crippen LogP contribution in [0.5, 0.6) is 0 Å². The van der Waals surface area contributed by atoms with E-state index in [1.165, 1.54) is 11.1 Å². The molecule has 0 spiro atoms. The molecule has 0 unspecified atom stereocenters. The molecule has 0 saturated carbocycles. The number of hydrogen-bond donors (Lipinski definition) is 1. The number of allylic oxidation sites excluding steroid dienone is 2. The third-order valence-electron chi connectivity index (χ3n) is 7.99. The van der Waals surface area contributed by atoms with Gasteiger partial charge >= 0.3 is 0 Å². The zero-order chi connectivity index (χ0) is 26.0. The molecule has 6 rings (SSSR count). The largest absolute Gasteiger partial charge is 0.343 e. The molecule has 0 radical (unpaired) electrons. The number of ketones is 1. The average molecular weight is 511 g/mol. The predicted molar refractivity (Wildman–Crippen MR) is 149 cm³/mol. The summed E-state index contributed by atoms with van der Waals surface area (Å²) in [6.07, 6.45) is 2.30. The molecule has 188 valence electrons. The third kappa shape index (κ3) is 3.75. The first-order chi connectivity index (χ1) is 17.7. The van der Waals surface area contributed by atoms with E-state index in [0.717, 1.165) is 69.5 Å². The summed E-state index contributed by atoms with van der Waals surface area (Å²) in [7, 11) is 0. The minimum absolute atomic E-state index is 0.168. The van der Waals surface area contributed by atoms with Gasteiger partial charge in [0.05, 0.1) is 11.4 Å². The average Bonchev–Trinajstić information content (AvgIpc) is 3.35. The Balaban J connectivity index is 1.59. The van der Waals surface area contributed by atoms with Gasteiger partial charge in [0.2, 0.25) is 0 Å². The van der Waals surface area contributed by atoms with Crippen molar-refractivity contribution in [1.29, 1.82) is 0 Å². The van der Waals surface area contributed by atoms with Gasteiger partial charge in [-0.2, -0.15) is 5.10 Å².